The lowest BCUT2D eigenvalue weighted by Crippen LogP contribution is -2.42. The van der Waals surface area contributed by atoms with Crippen LogP contribution in [-0.2, 0) is 10.9 Å². The molecule has 0 aromatic rings. The summed E-state index contributed by atoms with van der Waals surface area (Å²) < 4.78 is 0.479. The van der Waals surface area contributed by atoms with Crippen molar-refractivity contribution in [2.45, 2.75) is 44.8 Å². The number of rotatable bonds is 2. The van der Waals surface area contributed by atoms with Crippen LogP contribution in [0.3, 0.4) is 0 Å². The van der Waals surface area contributed by atoms with E-state index < -0.39 is 0 Å². The molecule has 0 amide bonds. The molecule has 0 aromatic heterocycles. The summed E-state index contributed by atoms with van der Waals surface area (Å²) in [7, 11) is 0.615. The van der Waals surface area contributed by atoms with Gasteiger partial charge in [0.15, 0.2) is 0 Å². The first-order valence-corrected chi connectivity index (χ1v) is 6.51. The summed E-state index contributed by atoms with van der Waals surface area (Å²) in [5.41, 5.74) is 1.41. The molecular weight excluding hydrogens is 164 g/mol. The van der Waals surface area contributed by atoms with Crippen LogP contribution in [-0.4, -0.2) is 16.3 Å². The lowest BCUT2D eigenvalue weighted by molar-refractivity contribution is 0.584. The average molecular weight is 185 g/mol. The van der Waals surface area contributed by atoms with Gasteiger partial charge in [0, 0.05) is 6.42 Å². The predicted octanol–water partition coefficient (Wildman–Crippen LogP) is 3.14. The molecule has 0 radical (unpaired) electrons. The van der Waals surface area contributed by atoms with E-state index in [2.05, 4.69) is 27.4 Å². The van der Waals surface area contributed by atoms with Crippen molar-refractivity contribution in [3.8, 4) is 0 Å². The third-order valence-electron chi connectivity index (χ3n) is 3.18. The normalized spacial score (nSPS) is 36.4. The molecule has 1 fully saturated rings. The summed E-state index contributed by atoms with van der Waals surface area (Å²) in [4.78, 5) is 0. The molecule has 0 aromatic carbocycles. The molecule has 0 saturated carbocycles. The van der Waals surface area contributed by atoms with E-state index in [0.29, 0.717) is 15.6 Å². The zero-order valence-corrected chi connectivity index (χ0v) is 9.47. The fraction of sp³-hybridized carbons (Fsp3) is 0.818. The van der Waals surface area contributed by atoms with E-state index in [9.17, 15) is 0 Å². The highest BCUT2D eigenvalue weighted by Crippen LogP contribution is 2.37. The third kappa shape index (κ3) is 1.71. The minimum Gasteiger partial charge on any atom is -0.0949 e. The maximum absolute atomic E-state index is 4.16. The molecular formula is C11H21S+. The smallest absolute Gasteiger partial charge is 0.0949 e. The molecule has 1 aliphatic rings. The molecule has 70 valence electrons. The molecule has 1 heteroatoms. The quantitative estimate of drug-likeness (QED) is 0.458. The zero-order valence-electron chi connectivity index (χ0n) is 8.65. The Hall–Kier alpha value is 0.0900. The Morgan fingerprint density at radius 3 is 2.58 bits per heavy atom. The predicted molar refractivity (Wildman–Crippen MR) is 59.8 cm³/mol. The fourth-order valence-electron chi connectivity index (χ4n) is 2.03. The van der Waals surface area contributed by atoms with Crippen molar-refractivity contribution in [1.29, 1.82) is 0 Å². The molecule has 0 N–H and O–H groups in total. The SMILES string of the molecule is C=C(C)[C@@]1(C)CCCC[S+]1CC. The topological polar surface area (TPSA) is 0 Å². The first-order chi connectivity index (χ1) is 5.61. The van der Waals surface area contributed by atoms with Crippen molar-refractivity contribution in [2.75, 3.05) is 11.5 Å². The van der Waals surface area contributed by atoms with E-state index in [-0.39, 0.29) is 0 Å². The Kier molecular flexibility index (Phi) is 3.28. The van der Waals surface area contributed by atoms with E-state index in [1.165, 1.54) is 36.3 Å². The van der Waals surface area contributed by atoms with Crippen molar-refractivity contribution >= 4 is 10.9 Å². The summed E-state index contributed by atoms with van der Waals surface area (Å²) >= 11 is 0. The second kappa shape index (κ2) is 3.87. The Bertz CT molecular complexity index is 174. The van der Waals surface area contributed by atoms with Crippen LogP contribution < -0.4 is 0 Å². The molecule has 1 aliphatic heterocycles. The van der Waals surface area contributed by atoms with Gasteiger partial charge in [0.1, 0.15) is 16.3 Å². The Morgan fingerprint density at radius 2 is 2.17 bits per heavy atom. The minimum atomic E-state index is 0.479. The van der Waals surface area contributed by atoms with Gasteiger partial charge in [-0.3, -0.25) is 0 Å². The van der Waals surface area contributed by atoms with Crippen molar-refractivity contribution in [3.63, 3.8) is 0 Å². The zero-order chi connectivity index (χ0) is 9.19. The number of hydrogen-bond donors (Lipinski definition) is 0. The number of hydrogen-bond acceptors (Lipinski definition) is 0. The van der Waals surface area contributed by atoms with Gasteiger partial charge < -0.3 is 0 Å². The Labute approximate surface area is 79.8 Å². The van der Waals surface area contributed by atoms with E-state index in [0.717, 1.165) is 0 Å². The van der Waals surface area contributed by atoms with Gasteiger partial charge in [0.2, 0.25) is 0 Å². The second-order valence-corrected chi connectivity index (χ2v) is 6.83. The van der Waals surface area contributed by atoms with E-state index in [4.69, 9.17) is 0 Å². The summed E-state index contributed by atoms with van der Waals surface area (Å²) in [6.07, 6.45) is 4.23. The molecule has 12 heavy (non-hydrogen) atoms. The van der Waals surface area contributed by atoms with Crippen molar-refractivity contribution < 1.29 is 0 Å². The molecule has 0 aliphatic carbocycles. The second-order valence-electron chi connectivity index (χ2n) is 3.95. The molecule has 1 unspecified atom stereocenters. The molecule has 0 spiro atoms. The van der Waals surface area contributed by atoms with E-state index in [1.54, 1.807) is 0 Å². The van der Waals surface area contributed by atoms with Crippen LogP contribution >= 0.6 is 0 Å². The van der Waals surface area contributed by atoms with Gasteiger partial charge in [-0.25, -0.2) is 0 Å². The summed E-state index contributed by atoms with van der Waals surface area (Å²) in [5.74, 6) is 2.79. The maximum Gasteiger partial charge on any atom is 0.145 e. The largest absolute Gasteiger partial charge is 0.145 e. The lowest BCUT2D eigenvalue weighted by atomic mass is 9.96. The fourth-order valence-corrected chi connectivity index (χ4v) is 4.89. The third-order valence-corrected chi connectivity index (χ3v) is 6.49. The van der Waals surface area contributed by atoms with Crippen LogP contribution in [0, 0.1) is 0 Å². The van der Waals surface area contributed by atoms with Crippen LogP contribution in [0.15, 0.2) is 12.2 Å². The first-order valence-electron chi connectivity index (χ1n) is 4.95. The molecule has 1 heterocycles. The van der Waals surface area contributed by atoms with Crippen LogP contribution in [0.2, 0.25) is 0 Å². The average Bonchev–Trinajstić information content (AvgIpc) is 2.05. The van der Waals surface area contributed by atoms with Crippen LogP contribution in [0.25, 0.3) is 0 Å². The highest BCUT2D eigenvalue weighted by molar-refractivity contribution is 7.98. The van der Waals surface area contributed by atoms with Crippen LogP contribution in [0.1, 0.15) is 40.0 Å². The van der Waals surface area contributed by atoms with Gasteiger partial charge in [0.05, 0.1) is 0 Å². The van der Waals surface area contributed by atoms with Gasteiger partial charge >= 0.3 is 0 Å². The van der Waals surface area contributed by atoms with Gasteiger partial charge in [-0.2, -0.15) is 0 Å². The molecule has 1 saturated heterocycles. The molecule has 2 atom stereocenters. The van der Waals surface area contributed by atoms with E-state index >= 15 is 0 Å². The molecule has 0 bridgehead atoms. The maximum atomic E-state index is 4.16. The van der Waals surface area contributed by atoms with Crippen molar-refractivity contribution in [1.82, 2.24) is 0 Å². The first kappa shape index (κ1) is 10.2. The van der Waals surface area contributed by atoms with E-state index in [1.807, 2.05) is 0 Å². The van der Waals surface area contributed by atoms with Gasteiger partial charge in [-0.15, -0.1) is 0 Å². The van der Waals surface area contributed by atoms with Crippen LogP contribution in [0.5, 0.6) is 0 Å². The summed E-state index contributed by atoms with van der Waals surface area (Å²) in [6, 6.07) is 0. The molecule has 0 nitrogen and oxygen atoms in total. The Morgan fingerprint density at radius 1 is 1.50 bits per heavy atom. The monoisotopic (exact) mass is 185 g/mol. The van der Waals surface area contributed by atoms with Gasteiger partial charge in [-0.1, -0.05) is 6.58 Å². The minimum absolute atomic E-state index is 0.479. The summed E-state index contributed by atoms with van der Waals surface area (Å²) in [6.45, 7) is 11.1. The van der Waals surface area contributed by atoms with Gasteiger partial charge in [-0.05, 0) is 50.1 Å². The van der Waals surface area contributed by atoms with Crippen molar-refractivity contribution in [3.05, 3.63) is 12.2 Å². The van der Waals surface area contributed by atoms with Gasteiger partial charge in [0.25, 0.3) is 0 Å². The highest BCUT2D eigenvalue weighted by atomic mass is 32.2. The van der Waals surface area contributed by atoms with Crippen LogP contribution in [0.4, 0.5) is 0 Å². The van der Waals surface area contributed by atoms with Crippen molar-refractivity contribution in [2.24, 2.45) is 0 Å². The molecule has 1 rings (SSSR count). The standard InChI is InChI=1S/C11H21S/c1-5-12-9-7-6-8-11(12,4)10(2)3/h2,5-9H2,1,3-4H3/q+1/t11-,12?/m1/s1. The highest BCUT2D eigenvalue weighted by Gasteiger charge is 2.44. The summed E-state index contributed by atoms with van der Waals surface area (Å²) in [5, 5.41) is 0. The lowest BCUT2D eigenvalue weighted by Gasteiger charge is -2.33. The Balaban J connectivity index is 2.75.